The first-order chi connectivity index (χ1) is 7.11. The molecule has 0 radical (unpaired) electrons. The van der Waals surface area contributed by atoms with Crippen LogP contribution in [0.1, 0.15) is 6.42 Å². The van der Waals surface area contributed by atoms with Gasteiger partial charge in [-0.15, -0.1) is 0 Å². The molecule has 0 aliphatic rings. The van der Waals surface area contributed by atoms with Crippen molar-refractivity contribution >= 4 is 11.8 Å². The van der Waals surface area contributed by atoms with E-state index in [0.717, 1.165) is 6.42 Å². The van der Waals surface area contributed by atoms with Gasteiger partial charge in [-0.05, 0) is 12.5 Å². The fourth-order valence-corrected chi connectivity index (χ4v) is 0.949. The predicted molar refractivity (Wildman–Crippen MR) is 57.3 cm³/mol. The minimum Gasteiger partial charge on any atom is -0.385 e. The molecule has 1 N–H and O–H groups in total. The van der Waals surface area contributed by atoms with Gasteiger partial charge in [-0.3, -0.25) is 9.59 Å². The van der Waals surface area contributed by atoms with E-state index in [1.165, 1.54) is 11.0 Å². The molecule has 0 unspecified atom stereocenters. The zero-order valence-electron chi connectivity index (χ0n) is 9.28. The molecule has 0 atom stereocenters. The molecular weight excluding hydrogens is 196 g/mol. The lowest BCUT2D eigenvalue weighted by molar-refractivity contribution is -0.131. The van der Waals surface area contributed by atoms with E-state index in [0.29, 0.717) is 13.2 Å². The van der Waals surface area contributed by atoms with Gasteiger partial charge in [0, 0.05) is 27.3 Å². The van der Waals surface area contributed by atoms with E-state index in [1.54, 1.807) is 14.2 Å². The Morgan fingerprint density at radius 2 is 2.20 bits per heavy atom. The van der Waals surface area contributed by atoms with Gasteiger partial charge >= 0.3 is 0 Å². The molecule has 0 spiro atoms. The van der Waals surface area contributed by atoms with Gasteiger partial charge in [0.2, 0.25) is 11.8 Å². The van der Waals surface area contributed by atoms with Crippen molar-refractivity contribution in [3.05, 3.63) is 12.7 Å². The van der Waals surface area contributed by atoms with Crippen LogP contribution in [0.25, 0.3) is 0 Å². The largest absolute Gasteiger partial charge is 0.385 e. The Labute approximate surface area is 90.1 Å². The van der Waals surface area contributed by atoms with Crippen LogP contribution in [0.4, 0.5) is 0 Å². The summed E-state index contributed by atoms with van der Waals surface area (Å²) in [4.78, 5) is 23.6. The molecule has 0 aliphatic carbocycles. The monoisotopic (exact) mass is 214 g/mol. The molecule has 0 rings (SSSR count). The Kier molecular flexibility index (Phi) is 7.27. The number of methoxy groups -OCH3 is 1. The van der Waals surface area contributed by atoms with Crippen molar-refractivity contribution in [2.75, 3.05) is 33.9 Å². The minimum atomic E-state index is -0.262. The maximum atomic E-state index is 11.3. The van der Waals surface area contributed by atoms with Crippen LogP contribution < -0.4 is 5.32 Å². The highest BCUT2D eigenvalue weighted by Crippen LogP contribution is 1.85. The standard InChI is InChI=1S/C10H18N2O3/c1-4-10(14)12(2)8-9(13)11-6-5-7-15-3/h4H,1,5-8H2,2-3H3,(H,11,13). The number of ether oxygens (including phenoxy) is 1. The van der Waals surface area contributed by atoms with Gasteiger partial charge in [0.1, 0.15) is 0 Å². The molecular formula is C10H18N2O3. The molecule has 15 heavy (non-hydrogen) atoms. The molecule has 0 heterocycles. The molecule has 0 aromatic rings. The van der Waals surface area contributed by atoms with E-state index in [4.69, 9.17) is 4.74 Å². The molecule has 0 saturated heterocycles. The summed E-state index contributed by atoms with van der Waals surface area (Å²) in [5.41, 5.74) is 0. The van der Waals surface area contributed by atoms with Gasteiger partial charge in [-0.2, -0.15) is 0 Å². The summed E-state index contributed by atoms with van der Waals surface area (Å²) >= 11 is 0. The lowest BCUT2D eigenvalue weighted by Crippen LogP contribution is -2.38. The van der Waals surface area contributed by atoms with Crippen molar-refractivity contribution in [2.45, 2.75) is 6.42 Å². The number of likely N-dealkylation sites (N-methyl/N-ethyl adjacent to an activating group) is 1. The first-order valence-corrected chi connectivity index (χ1v) is 4.75. The van der Waals surface area contributed by atoms with E-state index in [9.17, 15) is 9.59 Å². The smallest absolute Gasteiger partial charge is 0.246 e. The Morgan fingerprint density at radius 3 is 2.73 bits per heavy atom. The molecule has 0 bridgehead atoms. The third-order valence-corrected chi connectivity index (χ3v) is 1.78. The molecule has 86 valence electrons. The van der Waals surface area contributed by atoms with Crippen LogP contribution in [0, 0.1) is 0 Å². The fourth-order valence-electron chi connectivity index (χ4n) is 0.949. The first-order valence-electron chi connectivity index (χ1n) is 4.75. The number of rotatable bonds is 7. The van der Waals surface area contributed by atoms with E-state index in [-0.39, 0.29) is 18.4 Å². The Hall–Kier alpha value is -1.36. The van der Waals surface area contributed by atoms with Gasteiger partial charge in [-0.1, -0.05) is 6.58 Å². The van der Waals surface area contributed by atoms with Crippen LogP contribution in [0.3, 0.4) is 0 Å². The summed E-state index contributed by atoms with van der Waals surface area (Å²) < 4.78 is 4.83. The highest BCUT2D eigenvalue weighted by molar-refractivity contribution is 5.90. The average Bonchev–Trinajstić information content (AvgIpc) is 2.23. The molecule has 0 aromatic carbocycles. The zero-order valence-corrected chi connectivity index (χ0v) is 9.28. The molecule has 5 heteroatoms. The van der Waals surface area contributed by atoms with E-state index < -0.39 is 0 Å². The quantitative estimate of drug-likeness (QED) is 0.471. The van der Waals surface area contributed by atoms with Gasteiger partial charge in [0.25, 0.3) is 0 Å². The number of hydrogen-bond donors (Lipinski definition) is 1. The van der Waals surface area contributed by atoms with Crippen LogP contribution in [0.2, 0.25) is 0 Å². The molecule has 0 aliphatic heterocycles. The Morgan fingerprint density at radius 1 is 1.53 bits per heavy atom. The number of nitrogens with one attached hydrogen (secondary N) is 1. The topological polar surface area (TPSA) is 58.6 Å². The highest BCUT2D eigenvalue weighted by Gasteiger charge is 2.08. The SMILES string of the molecule is C=CC(=O)N(C)CC(=O)NCCCOC. The summed E-state index contributed by atoms with van der Waals surface area (Å²) in [7, 11) is 3.16. The molecule has 2 amide bonds. The highest BCUT2D eigenvalue weighted by atomic mass is 16.5. The number of amides is 2. The van der Waals surface area contributed by atoms with Crippen LogP contribution >= 0.6 is 0 Å². The van der Waals surface area contributed by atoms with Gasteiger partial charge in [0.15, 0.2) is 0 Å². The van der Waals surface area contributed by atoms with Crippen molar-refractivity contribution in [2.24, 2.45) is 0 Å². The summed E-state index contributed by atoms with van der Waals surface area (Å²) in [6, 6.07) is 0. The molecule has 0 fully saturated rings. The third-order valence-electron chi connectivity index (χ3n) is 1.78. The van der Waals surface area contributed by atoms with Crippen molar-refractivity contribution in [3.8, 4) is 0 Å². The van der Waals surface area contributed by atoms with Crippen LogP contribution in [-0.2, 0) is 14.3 Å². The van der Waals surface area contributed by atoms with Crippen LogP contribution in [0.5, 0.6) is 0 Å². The summed E-state index contributed by atoms with van der Waals surface area (Å²) in [6.07, 6.45) is 1.94. The minimum absolute atomic E-state index is 0.0534. The second kappa shape index (κ2) is 7.99. The Bertz CT molecular complexity index is 229. The number of carbonyl (C=O) groups is 2. The van der Waals surface area contributed by atoms with Crippen molar-refractivity contribution in [1.29, 1.82) is 0 Å². The van der Waals surface area contributed by atoms with Crippen LogP contribution in [-0.4, -0.2) is 50.6 Å². The summed E-state index contributed by atoms with van der Waals surface area (Å²) in [5, 5.41) is 2.68. The van der Waals surface area contributed by atoms with Crippen LogP contribution in [0.15, 0.2) is 12.7 Å². The summed E-state index contributed by atoms with van der Waals surface area (Å²) in [5.74, 6) is -0.439. The second-order valence-electron chi connectivity index (χ2n) is 3.09. The molecule has 5 nitrogen and oxygen atoms in total. The van der Waals surface area contributed by atoms with Gasteiger partial charge < -0.3 is 15.0 Å². The normalized spacial score (nSPS) is 9.47. The summed E-state index contributed by atoms with van der Waals surface area (Å²) in [6.45, 7) is 4.56. The van der Waals surface area contributed by atoms with Gasteiger partial charge in [0.05, 0.1) is 6.54 Å². The fraction of sp³-hybridized carbons (Fsp3) is 0.600. The van der Waals surface area contributed by atoms with Crippen molar-refractivity contribution in [1.82, 2.24) is 10.2 Å². The predicted octanol–water partition coefficient (Wildman–Crippen LogP) is -0.216. The second-order valence-corrected chi connectivity index (χ2v) is 3.09. The maximum Gasteiger partial charge on any atom is 0.246 e. The van der Waals surface area contributed by atoms with E-state index in [1.807, 2.05) is 0 Å². The zero-order chi connectivity index (χ0) is 11.7. The average molecular weight is 214 g/mol. The van der Waals surface area contributed by atoms with Crippen molar-refractivity contribution in [3.63, 3.8) is 0 Å². The van der Waals surface area contributed by atoms with Crippen molar-refractivity contribution < 1.29 is 14.3 Å². The first kappa shape index (κ1) is 13.6. The number of nitrogens with zero attached hydrogens (tertiary/aromatic N) is 1. The third kappa shape index (κ3) is 6.68. The van der Waals surface area contributed by atoms with Gasteiger partial charge in [-0.25, -0.2) is 0 Å². The molecule has 0 saturated carbocycles. The lowest BCUT2D eigenvalue weighted by atomic mass is 10.4. The van der Waals surface area contributed by atoms with E-state index in [2.05, 4.69) is 11.9 Å². The maximum absolute atomic E-state index is 11.3. The Balaban J connectivity index is 3.64. The lowest BCUT2D eigenvalue weighted by Gasteiger charge is -2.14. The van der Waals surface area contributed by atoms with E-state index >= 15 is 0 Å². The number of hydrogen-bond acceptors (Lipinski definition) is 3. The molecule has 0 aromatic heterocycles. The number of carbonyl (C=O) groups excluding carboxylic acids is 2.